The fraction of sp³-hybridized carbons (Fsp3) is 0.533. The molecule has 0 aromatic heterocycles. The van der Waals surface area contributed by atoms with Gasteiger partial charge in [0.15, 0.2) is 5.75 Å². The summed E-state index contributed by atoms with van der Waals surface area (Å²) in [5, 5.41) is 3.24. The van der Waals surface area contributed by atoms with Crippen LogP contribution in [-0.4, -0.2) is 64.5 Å². The molecule has 1 heterocycles. The minimum atomic E-state index is -0.0651. The lowest BCUT2D eigenvalue weighted by Gasteiger charge is -2.26. The molecule has 0 saturated heterocycles. The first kappa shape index (κ1) is 15.6. The first-order chi connectivity index (χ1) is 10.3. The van der Waals surface area contributed by atoms with Gasteiger partial charge in [0.1, 0.15) is 6.61 Å². The zero-order chi connectivity index (χ0) is 15.1. The Labute approximate surface area is 125 Å². The second-order valence-electron chi connectivity index (χ2n) is 4.74. The summed E-state index contributed by atoms with van der Waals surface area (Å²) in [5.74, 6) is 0.568. The number of para-hydroxylation sites is 1. The highest BCUT2D eigenvalue weighted by molar-refractivity contribution is 5.99. The molecule has 1 N–H and O–H groups in total. The second kappa shape index (κ2) is 7.85. The number of amides is 1. The van der Waals surface area contributed by atoms with Crippen LogP contribution in [0.15, 0.2) is 18.2 Å². The first-order valence-electron chi connectivity index (χ1n) is 7.04. The van der Waals surface area contributed by atoms with Crippen molar-refractivity contribution in [2.45, 2.75) is 0 Å². The maximum atomic E-state index is 12.7. The Bertz CT molecular complexity index is 471. The van der Waals surface area contributed by atoms with Crippen LogP contribution in [-0.2, 0) is 9.47 Å². The molecule has 2 rings (SSSR count). The number of hydrogen-bond donors (Lipinski definition) is 1. The van der Waals surface area contributed by atoms with Crippen molar-refractivity contribution in [1.29, 1.82) is 0 Å². The second-order valence-corrected chi connectivity index (χ2v) is 4.74. The van der Waals surface area contributed by atoms with Crippen molar-refractivity contribution in [2.75, 3.05) is 59.0 Å². The Hall–Kier alpha value is -1.79. The Morgan fingerprint density at radius 2 is 2.00 bits per heavy atom. The number of ether oxygens (including phenoxy) is 3. The number of benzene rings is 1. The lowest BCUT2D eigenvalue weighted by Crippen LogP contribution is -2.37. The fourth-order valence-corrected chi connectivity index (χ4v) is 2.23. The predicted molar refractivity (Wildman–Crippen MR) is 80.1 cm³/mol. The van der Waals surface area contributed by atoms with Crippen molar-refractivity contribution in [3.63, 3.8) is 0 Å². The van der Waals surface area contributed by atoms with Crippen LogP contribution >= 0.6 is 0 Å². The normalized spacial score (nSPS) is 13.0. The van der Waals surface area contributed by atoms with Crippen molar-refractivity contribution in [3.8, 4) is 5.75 Å². The minimum absolute atomic E-state index is 0.0651. The molecule has 21 heavy (non-hydrogen) atoms. The van der Waals surface area contributed by atoms with Crippen molar-refractivity contribution in [2.24, 2.45) is 0 Å². The predicted octanol–water partition coefficient (Wildman–Crippen LogP) is 1.23. The standard InChI is InChI=1S/C15H22N2O4/c1-19-10-7-17(8-11-20-2)15(18)12-4-3-5-13-14(12)21-9-6-16-13/h3-5,16H,6-11H2,1-2H3. The van der Waals surface area contributed by atoms with E-state index in [2.05, 4.69) is 5.32 Å². The smallest absolute Gasteiger partial charge is 0.257 e. The Balaban J connectivity index is 2.19. The molecular weight excluding hydrogens is 272 g/mol. The van der Waals surface area contributed by atoms with Gasteiger partial charge in [-0.15, -0.1) is 0 Å². The zero-order valence-corrected chi connectivity index (χ0v) is 12.6. The number of anilines is 1. The summed E-state index contributed by atoms with van der Waals surface area (Å²) in [6, 6.07) is 5.57. The van der Waals surface area contributed by atoms with E-state index in [-0.39, 0.29) is 5.91 Å². The molecule has 1 aromatic rings. The summed E-state index contributed by atoms with van der Waals surface area (Å²) in [6.45, 7) is 3.34. The minimum Gasteiger partial charge on any atom is -0.489 e. The third-order valence-corrected chi connectivity index (χ3v) is 3.33. The van der Waals surface area contributed by atoms with E-state index in [1.54, 1.807) is 25.2 Å². The van der Waals surface area contributed by atoms with Gasteiger partial charge >= 0.3 is 0 Å². The van der Waals surface area contributed by atoms with Crippen LogP contribution in [0.3, 0.4) is 0 Å². The monoisotopic (exact) mass is 294 g/mol. The third-order valence-electron chi connectivity index (χ3n) is 3.33. The molecule has 0 atom stereocenters. The summed E-state index contributed by atoms with van der Waals surface area (Å²) < 4.78 is 15.8. The average Bonchev–Trinajstić information content (AvgIpc) is 2.54. The lowest BCUT2D eigenvalue weighted by atomic mass is 10.1. The summed E-state index contributed by atoms with van der Waals surface area (Å²) in [6.07, 6.45) is 0. The molecule has 6 heteroatoms. The number of carbonyl (C=O) groups is 1. The summed E-state index contributed by atoms with van der Waals surface area (Å²) in [4.78, 5) is 14.5. The van der Waals surface area contributed by atoms with Gasteiger partial charge in [0, 0.05) is 33.9 Å². The van der Waals surface area contributed by atoms with Crippen LogP contribution in [0.5, 0.6) is 5.75 Å². The molecule has 0 saturated carbocycles. The molecule has 116 valence electrons. The summed E-state index contributed by atoms with van der Waals surface area (Å²) >= 11 is 0. The van der Waals surface area contributed by atoms with E-state index in [4.69, 9.17) is 14.2 Å². The van der Waals surface area contributed by atoms with Gasteiger partial charge in [0.25, 0.3) is 5.91 Å². The number of nitrogens with zero attached hydrogens (tertiary/aromatic N) is 1. The molecule has 1 aromatic carbocycles. The average molecular weight is 294 g/mol. The highest BCUT2D eigenvalue weighted by atomic mass is 16.5. The number of methoxy groups -OCH3 is 2. The Kier molecular flexibility index (Phi) is 5.83. The van der Waals surface area contributed by atoms with Crippen molar-refractivity contribution >= 4 is 11.6 Å². The van der Waals surface area contributed by atoms with Crippen LogP contribution < -0.4 is 10.1 Å². The van der Waals surface area contributed by atoms with Crippen LogP contribution in [0, 0.1) is 0 Å². The molecule has 0 unspecified atom stereocenters. The molecule has 0 spiro atoms. The number of nitrogens with one attached hydrogen (secondary N) is 1. The molecule has 0 aliphatic carbocycles. The molecule has 0 fully saturated rings. The SMILES string of the molecule is COCCN(CCOC)C(=O)c1cccc2c1OCCN2. The van der Waals surface area contributed by atoms with Gasteiger partial charge in [0.05, 0.1) is 24.5 Å². The highest BCUT2D eigenvalue weighted by Crippen LogP contribution is 2.31. The lowest BCUT2D eigenvalue weighted by molar-refractivity contribution is 0.0623. The largest absolute Gasteiger partial charge is 0.489 e. The van der Waals surface area contributed by atoms with Gasteiger partial charge in [-0.25, -0.2) is 0 Å². The van der Waals surface area contributed by atoms with E-state index in [1.807, 2.05) is 12.1 Å². The van der Waals surface area contributed by atoms with Crippen LogP contribution in [0.25, 0.3) is 0 Å². The van der Waals surface area contributed by atoms with E-state index in [0.29, 0.717) is 44.2 Å². The van der Waals surface area contributed by atoms with E-state index in [0.717, 1.165) is 12.2 Å². The number of hydrogen-bond acceptors (Lipinski definition) is 5. The number of carbonyl (C=O) groups excluding carboxylic acids is 1. The maximum Gasteiger partial charge on any atom is 0.257 e. The van der Waals surface area contributed by atoms with Crippen LogP contribution in [0.2, 0.25) is 0 Å². The topological polar surface area (TPSA) is 60.0 Å². The molecular formula is C15H22N2O4. The molecule has 6 nitrogen and oxygen atoms in total. The van der Waals surface area contributed by atoms with E-state index in [1.165, 1.54) is 0 Å². The first-order valence-corrected chi connectivity index (χ1v) is 7.04. The zero-order valence-electron chi connectivity index (χ0n) is 12.6. The fourth-order valence-electron chi connectivity index (χ4n) is 2.23. The van der Waals surface area contributed by atoms with E-state index < -0.39 is 0 Å². The number of rotatable bonds is 7. The molecule has 0 bridgehead atoms. The van der Waals surface area contributed by atoms with Gasteiger partial charge in [-0.1, -0.05) is 6.07 Å². The summed E-state index contributed by atoms with van der Waals surface area (Å²) in [7, 11) is 3.24. The van der Waals surface area contributed by atoms with Gasteiger partial charge in [-0.3, -0.25) is 4.79 Å². The van der Waals surface area contributed by atoms with E-state index >= 15 is 0 Å². The highest BCUT2D eigenvalue weighted by Gasteiger charge is 2.23. The van der Waals surface area contributed by atoms with Crippen LogP contribution in [0.1, 0.15) is 10.4 Å². The summed E-state index contributed by atoms with van der Waals surface area (Å²) in [5.41, 5.74) is 1.44. The van der Waals surface area contributed by atoms with Crippen LogP contribution in [0.4, 0.5) is 5.69 Å². The maximum absolute atomic E-state index is 12.7. The Morgan fingerprint density at radius 1 is 1.29 bits per heavy atom. The molecule has 1 amide bonds. The van der Waals surface area contributed by atoms with Gasteiger partial charge in [0.2, 0.25) is 0 Å². The molecule has 1 aliphatic rings. The van der Waals surface area contributed by atoms with Crippen molar-refractivity contribution < 1.29 is 19.0 Å². The molecule has 1 aliphatic heterocycles. The van der Waals surface area contributed by atoms with Gasteiger partial charge in [-0.2, -0.15) is 0 Å². The van der Waals surface area contributed by atoms with E-state index in [9.17, 15) is 4.79 Å². The quantitative estimate of drug-likeness (QED) is 0.819. The van der Waals surface area contributed by atoms with Gasteiger partial charge < -0.3 is 24.4 Å². The Morgan fingerprint density at radius 3 is 2.67 bits per heavy atom. The third kappa shape index (κ3) is 3.86. The van der Waals surface area contributed by atoms with Gasteiger partial charge in [-0.05, 0) is 12.1 Å². The van der Waals surface area contributed by atoms with Crippen molar-refractivity contribution in [3.05, 3.63) is 23.8 Å². The number of fused-ring (bicyclic) bond motifs is 1. The van der Waals surface area contributed by atoms with Crippen molar-refractivity contribution in [1.82, 2.24) is 4.90 Å². The molecule has 0 radical (unpaired) electrons.